The summed E-state index contributed by atoms with van der Waals surface area (Å²) in [6, 6.07) is 7.35. The van der Waals surface area contributed by atoms with Crippen molar-refractivity contribution < 1.29 is 9.53 Å². The second-order valence-electron chi connectivity index (χ2n) is 4.07. The number of carbonyl (C=O) groups is 1. The van der Waals surface area contributed by atoms with Crippen molar-refractivity contribution >= 4 is 12.0 Å². The molecule has 1 rings (SSSR count). The monoisotopic (exact) mass is 232 g/mol. The third-order valence-corrected chi connectivity index (χ3v) is 3.01. The van der Waals surface area contributed by atoms with Gasteiger partial charge in [0.25, 0.3) is 0 Å². The second kappa shape index (κ2) is 6.89. The molecule has 1 aromatic carbocycles. The Bertz CT molecular complexity index is 378. The summed E-state index contributed by atoms with van der Waals surface area (Å²) in [4.78, 5) is 11.9. The Labute approximate surface area is 103 Å². The molecule has 0 aromatic heterocycles. The van der Waals surface area contributed by atoms with E-state index in [0.717, 1.165) is 18.4 Å². The SMILES string of the molecule is C=Cc1ccccc1C(=O)OCC(CC)CC. The van der Waals surface area contributed by atoms with Gasteiger partial charge >= 0.3 is 5.97 Å². The van der Waals surface area contributed by atoms with Gasteiger partial charge in [-0.1, -0.05) is 57.5 Å². The van der Waals surface area contributed by atoms with E-state index in [1.807, 2.05) is 18.2 Å². The molecular weight excluding hydrogens is 212 g/mol. The van der Waals surface area contributed by atoms with Crippen molar-refractivity contribution in [2.75, 3.05) is 6.61 Å². The Morgan fingerprint density at radius 2 is 2.00 bits per heavy atom. The van der Waals surface area contributed by atoms with E-state index in [9.17, 15) is 4.79 Å². The molecule has 0 spiro atoms. The lowest BCUT2D eigenvalue weighted by Gasteiger charge is -2.13. The predicted molar refractivity (Wildman–Crippen MR) is 70.9 cm³/mol. The molecule has 0 aliphatic heterocycles. The van der Waals surface area contributed by atoms with Crippen molar-refractivity contribution in [3.8, 4) is 0 Å². The number of carbonyl (C=O) groups excluding carboxylic acids is 1. The number of ether oxygens (including phenoxy) is 1. The van der Waals surface area contributed by atoms with Crippen LogP contribution >= 0.6 is 0 Å². The first-order valence-electron chi connectivity index (χ1n) is 6.11. The minimum Gasteiger partial charge on any atom is -0.462 e. The van der Waals surface area contributed by atoms with Crippen molar-refractivity contribution in [3.05, 3.63) is 42.0 Å². The van der Waals surface area contributed by atoms with Crippen LogP contribution in [0.5, 0.6) is 0 Å². The van der Waals surface area contributed by atoms with Gasteiger partial charge in [-0.15, -0.1) is 0 Å². The normalized spacial score (nSPS) is 10.3. The molecule has 0 fully saturated rings. The maximum absolute atomic E-state index is 11.9. The third-order valence-electron chi connectivity index (χ3n) is 3.01. The molecule has 0 N–H and O–H groups in total. The standard InChI is InChI=1S/C15H20O2/c1-4-12(5-2)11-17-15(16)14-10-8-7-9-13(14)6-3/h6-10,12H,3-5,11H2,1-2H3. The summed E-state index contributed by atoms with van der Waals surface area (Å²) in [7, 11) is 0. The van der Waals surface area contributed by atoms with Crippen LogP contribution in [0.25, 0.3) is 6.08 Å². The summed E-state index contributed by atoms with van der Waals surface area (Å²) in [6.07, 6.45) is 3.74. The van der Waals surface area contributed by atoms with Crippen molar-refractivity contribution in [1.82, 2.24) is 0 Å². The van der Waals surface area contributed by atoms with Crippen molar-refractivity contribution in [3.63, 3.8) is 0 Å². The predicted octanol–water partition coefficient (Wildman–Crippen LogP) is 3.92. The Hall–Kier alpha value is -1.57. The zero-order valence-corrected chi connectivity index (χ0v) is 10.6. The number of hydrogen-bond acceptors (Lipinski definition) is 2. The van der Waals surface area contributed by atoms with E-state index in [1.165, 1.54) is 0 Å². The second-order valence-corrected chi connectivity index (χ2v) is 4.07. The third kappa shape index (κ3) is 3.74. The lowest BCUT2D eigenvalue weighted by Crippen LogP contribution is -2.14. The summed E-state index contributed by atoms with van der Waals surface area (Å²) in [5, 5.41) is 0. The van der Waals surface area contributed by atoms with Gasteiger partial charge in [-0.2, -0.15) is 0 Å². The fourth-order valence-electron chi connectivity index (χ4n) is 1.66. The fourth-order valence-corrected chi connectivity index (χ4v) is 1.66. The zero-order valence-electron chi connectivity index (χ0n) is 10.6. The molecule has 0 amide bonds. The van der Waals surface area contributed by atoms with Crippen LogP contribution in [0, 0.1) is 5.92 Å². The van der Waals surface area contributed by atoms with E-state index in [1.54, 1.807) is 12.1 Å². The summed E-state index contributed by atoms with van der Waals surface area (Å²) in [6.45, 7) is 8.41. The van der Waals surface area contributed by atoms with Crippen LogP contribution in [0.15, 0.2) is 30.8 Å². The van der Waals surface area contributed by atoms with E-state index < -0.39 is 0 Å². The highest BCUT2D eigenvalue weighted by molar-refractivity contribution is 5.93. The number of rotatable bonds is 6. The molecule has 0 saturated carbocycles. The van der Waals surface area contributed by atoms with Gasteiger partial charge in [-0.3, -0.25) is 0 Å². The maximum Gasteiger partial charge on any atom is 0.338 e. The Morgan fingerprint density at radius 1 is 1.35 bits per heavy atom. The van der Waals surface area contributed by atoms with Crippen LogP contribution in [0.4, 0.5) is 0 Å². The molecule has 0 saturated heterocycles. The molecule has 0 unspecified atom stereocenters. The molecule has 92 valence electrons. The van der Waals surface area contributed by atoms with E-state index in [2.05, 4.69) is 20.4 Å². The van der Waals surface area contributed by atoms with Gasteiger partial charge in [0, 0.05) is 0 Å². The van der Waals surface area contributed by atoms with Crippen LogP contribution in [0.2, 0.25) is 0 Å². The molecule has 2 heteroatoms. The molecule has 1 aromatic rings. The highest BCUT2D eigenvalue weighted by atomic mass is 16.5. The lowest BCUT2D eigenvalue weighted by molar-refractivity contribution is 0.0433. The first-order chi connectivity index (χ1) is 8.22. The van der Waals surface area contributed by atoms with Crippen LogP contribution in [-0.2, 0) is 4.74 Å². The number of esters is 1. The van der Waals surface area contributed by atoms with Gasteiger partial charge in [0.2, 0.25) is 0 Å². The van der Waals surface area contributed by atoms with Crippen molar-refractivity contribution in [2.45, 2.75) is 26.7 Å². The molecule has 0 aliphatic rings. The molecule has 0 aliphatic carbocycles. The molecule has 17 heavy (non-hydrogen) atoms. The highest BCUT2D eigenvalue weighted by Crippen LogP contribution is 2.13. The van der Waals surface area contributed by atoms with E-state index in [4.69, 9.17) is 4.74 Å². The fraction of sp³-hybridized carbons (Fsp3) is 0.400. The number of benzene rings is 1. The Balaban J connectivity index is 2.66. The summed E-state index contributed by atoms with van der Waals surface area (Å²) >= 11 is 0. The van der Waals surface area contributed by atoms with Gasteiger partial charge in [-0.25, -0.2) is 4.79 Å². The van der Waals surface area contributed by atoms with Gasteiger partial charge < -0.3 is 4.74 Å². The maximum atomic E-state index is 11.9. The zero-order chi connectivity index (χ0) is 12.7. The van der Waals surface area contributed by atoms with Gasteiger partial charge in [0.05, 0.1) is 12.2 Å². The molecular formula is C15H20O2. The van der Waals surface area contributed by atoms with Crippen molar-refractivity contribution in [1.29, 1.82) is 0 Å². The number of hydrogen-bond donors (Lipinski definition) is 0. The average Bonchev–Trinajstić information content (AvgIpc) is 2.39. The summed E-state index contributed by atoms with van der Waals surface area (Å²) < 4.78 is 5.33. The smallest absolute Gasteiger partial charge is 0.338 e. The molecule has 0 atom stereocenters. The van der Waals surface area contributed by atoms with Gasteiger partial charge in [0.15, 0.2) is 0 Å². The van der Waals surface area contributed by atoms with Gasteiger partial charge in [-0.05, 0) is 17.5 Å². The molecule has 2 nitrogen and oxygen atoms in total. The molecule has 0 bridgehead atoms. The van der Waals surface area contributed by atoms with E-state index in [-0.39, 0.29) is 5.97 Å². The van der Waals surface area contributed by atoms with Crippen LogP contribution in [-0.4, -0.2) is 12.6 Å². The van der Waals surface area contributed by atoms with Crippen LogP contribution in [0.1, 0.15) is 42.6 Å². The lowest BCUT2D eigenvalue weighted by atomic mass is 10.1. The van der Waals surface area contributed by atoms with E-state index >= 15 is 0 Å². The largest absolute Gasteiger partial charge is 0.462 e. The summed E-state index contributed by atoms with van der Waals surface area (Å²) in [5.41, 5.74) is 1.41. The first-order valence-corrected chi connectivity index (χ1v) is 6.11. The minimum atomic E-state index is -0.257. The van der Waals surface area contributed by atoms with E-state index in [0.29, 0.717) is 18.1 Å². The Morgan fingerprint density at radius 3 is 2.59 bits per heavy atom. The Kier molecular flexibility index (Phi) is 5.47. The van der Waals surface area contributed by atoms with Crippen molar-refractivity contribution in [2.24, 2.45) is 5.92 Å². The molecule has 0 heterocycles. The quantitative estimate of drug-likeness (QED) is 0.695. The first kappa shape index (κ1) is 13.5. The average molecular weight is 232 g/mol. The van der Waals surface area contributed by atoms with Crippen LogP contribution in [0.3, 0.4) is 0 Å². The van der Waals surface area contributed by atoms with Gasteiger partial charge in [0.1, 0.15) is 0 Å². The van der Waals surface area contributed by atoms with Crippen LogP contribution < -0.4 is 0 Å². The molecule has 0 radical (unpaired) electrons. The highest BCUT2D eigenvalue weighted by Gasteiger charge is 2.12. The minimum absolute atomic E-state index is 0.257. The topological polar surface area (TPSA) is 26.3 Å². The summed E-state index contributed by atoms with van der Waals surface area (Å²) in [5.74, 6) is 0.197.